The lowest BCUT2D eigenvalue weighted by Crippen LogP contribution is -2.60. The predicted molar refractivity (Wildman–Crippen MR) is 109 cm³/mol. The molecule has 3 aliphatic heterocycles. The van der Waals surface area contributed by atoms with Gasteiger partial charge in [0.05, 0.1) is 24.0 Å². The van der Waals surface area contributed by atoms with Crippen molar-refractivity contribution < 1.29 is 13.9 Å². The fourth-order valence-electron chi connectivity index (χ4n) is 4.64. The van der Waals surface area contributed by atoms with Gasteiger partial charge in [0, 0.05) is 29.3 Å². The van der Waals surface area contributed by atoms with E-state index in [1.54, 1.807) is 12.1 Å². The molecule has 2 atom stereocenters. The van der Waals surface area contributed by atoms with Crippen LogP contribution in [0.3, 0.4) is 0 Å². The molecule has 2 aromatic rings. The molecule has 1 fully saturated rings. The van der Waals surface area contributed by atoms with Gasteiger partial charge in [-0.2, -0.15) is 5.10 Å². The zero-order valence-corrected chi connectivity index (χ0v) is 17.5. The Balaban J connectivity index is 1.61. The minimum atomic E-state index is -0.533. The van der Waals surface area contributed by atoms with Crippen molar-refractivity contribution in [2.24, 2.45) is 5.10 Å². The SMILES string of the molecule is CC1(C)C[C@]2(CCO1)Oc1ccc(Br)cc1[C@@H]1CC(c3ccc(F)cc3)=NN12. The first kappa shape index (κ1) is 18.1. The van der Waals surface area contributed by atoms with Crippen LogP contribution in [0.25, 0.3) is 0 Å². The molecule has 4 nitrogen and oxygen atoms in total. The second-order valence-corrected chi connectivity index (χ2v) is 9.30. The van der Waals surface area contributed by atoms with Crippen molar-refractivity contribution in [1.29, 1.82) is 0 Å². The molecule has 146 valence electrons. The Hall–Kier alpha value is -1.92. The van der Waals surface area contributed by atoms with Gasteiger partial charge in [0.25, 0.3) is 0 Å². The predicted octanol–water partition coefficient (Wildman–Crippen LogP) is 5.42. The summed E-state index contributed by atoms with van der Waals surface area (Å²) in [7, 11) is 0. The van der Waals surface area contributed by atoms with Gasteiger partial charge in [-0.3, -0.25) is 0 Å². The van der Waals surface area contributed by atoms with Crippen molar-refractivity contribution >= 4 is 21.6 Å². The van der Waals surface area contributed by atoms with Crippen molar-refractivity contribution in [3.63, 3.8) is 0 Å². The van der Waals surface area contributed by atoms with Crippen LogP contribution in [0.5, 0.6) is 5.75 Å². The highest BCUT2D eigenvalue weighted by Gasteiger charge is 2.54. The Morgan fingerprint density at radius 3 is 2.71 bits per heavy atom. The van der Waals surface area contributed by atoms with E-state index in [0.717, 1.165) is 46.3 Å². The highest BCUT2D eigenvalue weighted by molar-refractivity contribution is 9.10. The molecule has 0 N–H and O–H groups in total. The van der Waals surface area contributed by atoms with E-state index < -0.39 is 5.72 Å². The molecule has 0 radical (unpaired) electrons. The monoisotopic (exact) mass is 444 g/mol. The molecule has 3 aliphatic rings. The van der Waals surface area contributed by atoms with E-state index >= 15 is 0 Å². The molecule has 0 unspecified atom stereocenters. The molecule has 3 heterocycles. The van der Waals surface area contributed by atoms with Gasteiger partial charge in [0.2, 0.25) is 5.72 Å². The van der Waals surface area contributed by atoms with E-state index in [9.17, 15) is 4.39 Å². The van der Waals surface area contributed by atoms with Gasteiger partial charge in [-0.25, -0.2) is 9.40 Å². The Morgan fingerprint density at radius 2 is 1.96 bits per heavy atom. The van der Waals surface area contributed by atoms with Crippen LogP contribution >= 0.6 is 15.9 Å². The van der Waals surface area contributed by atoms with Crippen LogP contribution < -0.4 is 4.74 Å². The van der Waals surface area contributed by atoms with Gasteiger partial charge in [-0.15, -0.1) is 0 Å². The number of ether oxygens (including phenoxy) is 2. The summed E-state index contributed by atoms with van der Waals surface area (Å²) >= 11 is 3.59. The first-order valence-electron chi connectivity index (χ1n) is 9.60. The van der Waals surface area contributed by atoms with E-state index in [0.29, 0.717) is 6.61 Å². The fraction of sp³-hybridized carbons (Fsp3) is 0.409. The summed E-state index contributed by atoms with van der Waals surface area (Å²) in [4.78, 5) is 0. The van der Waals surface area contributed by atoms with Crippen LogP contribution in [0.1, 0.15) is 50.3 Å². The number of fused-ring (bicyclic) bond motifs is 4. The Kier molecular flexibility index (Phi) is 4.07. The lowest BCUT2D eigenvalue weighted by Gasteiger charge is -2.52. The molecular weight excluding hydrogens is 423 g/mol. The largest absolute Gasteiger partial charge is 0.466 e. The molecule has 0 saturated carbocycles. The first-order valence-corrected chi connectivity index (χ1v) is 10.4. The second kappa shape index (κ2) is 6.29. The number of rotatable bonds is 1. The highest BCUT2D eigenvalue weighted by Crippen LogP contribution is 2.52. The van der Waals surface area contributed by atoms with Crippen LogP contribution in [-0.2, 0) is 4.74 Å². The number of hydrogen-bond acceptors (Lipinski definition) is 4. The van der Waals surface area contributed by atoms with Crippen molar-refractivity contribution in [3.8, 4) is 5.75 Å². The van der Waals surface area contributed by atoms with Crippen molar-refractivity contribution in [1.82, 2.24) is 5.01 Å². The third kappa shape index (κ3) is 2.94. The van der Waals surface area contributed by atoms with Crippen LogP contribution in [0.15, 0.2) is 52.0 Å². The van der Waals surface area contributed by atoms with Crippen LogP contribution in [0, 0.1) is 5.82 Å². The number of hydrogen-bond donors (Lipinski definition) is 0. The molecule has 1 saturated heterocycles. The van der Waals surface area contributed by atoms with E-state index in [4.69, 9.17) is 14.6 Å². The van der Waals surface area contributed by atoms with Crippen molar-refractivity contribution in [2.45, 2.75) is 50.5 Å². The number of benzene rings is 2. The molecule has 0 amide bonds. The van der Waals surface area contributed by atoms with Crippen molar-refractivity contribution in [2.75, 3.05) is 6.61 Å². The average molecular weight is 445 g/mol. The lowest BCUT2D eigenvalue weighted by molar-refractivity contribution is -0.212. The van der Waals surface area contributed by atoms with Crippen molar-refractivity contribution in [3.05, 3.63) is 63.9 Å². The second-order valence-electron chi connectivity index (χ2n) is 8.38. The van der Waals surface area contributed by atoms with Gasteiger partial charge in [0.15, 0.2) is 0 Å². The van der Waals surface area contributed by atoms with Gasteiger partial charge >= 0.3 is 0 Å². The molecule has 28 heavy (non-hydrogen) atoms. The van der Waals surface area contributed by atoms with Crippen LogP contribution in [0.2, 0.25) is 0 Å². The summed E-state index contributed by atoms with van der Waals surface area (Å²) in [6.45, 7) is 4.83. The molecule has 2 aromatic carbocycles. The molecule has 6 heteroatoms. The quantitative estimate of drug-likeness (QED) is 0.588. The lowest BCUT2D eigenvalue weighted by atomic mass is 9.86. The van der Waals surface area contributed by atoms with Gasteiger partial charge < -0.3 is 9.47 Å². The normalized spacial score (nSPS) is 27.8. The Morgan fingerprint density at radius 1 is 1.18 bits per heavy atom. The minimum absolute atomic E-state index is 0.0928. The molecule has 5 rings (SSSR count). The number of hydrazone groups is 1. The number of halogens is 2. The minimum Gasteiger partial charge on any atom is -0.466 e. The maximum absolute atomic E-state index is 13.4. The zero-order valence-electron chi connectivity index (χ0n) is 15.9. The molecule has 0 aliphatic carbocycles. The zero-order chi connectivity index (χ0) is 19.5. The van der Waals surface area contributed by atoms with Gasteiger partial charge in [-0.05, 0) is 49.7 Å². The Labute approximate surface area is 172 Å². The van der Waals surface area contributed by atoms with E-state index in [-0.39, 0.29) is 17.5 Å². The smallest absolute Gasteiger partial charge is 0.203 e. The van der Waals surface area contributed by atoms with E-state index in [2.05, 4.69) is 40.9 Å². The third-order valence-electron chi connectivity index (χ3n) is 5.82. The molecule has 0 bridgehead atoms. The van der Waals surface area contributed by atoms with E-state index in [1.165, 1.54) is 12.1 Å². The van der Waals surface area contributed by atoms with Crippen LogP contribution in [0.4, 0.5) is 4.39 Å². The van der Waals surface area contributed by atoms with E-state index in [1.807, 2.05) is 12.1 Å². The van der Waals surface area contributed by atoms with Gasteiger partial charge in [0.1, 0.15) is 11.6 Å². The number of nitrogens with zero attached hydrogens (tertiary/aromatic N) is 2. The van der Waals surface area contributed by atoms with Gasteiger partial charge in [-0.1, -0.05) is 28.1 Å². The highest BCUT2D eigenvalue weighted by atomic mass is 79.9. The summed E-state index contributed by atoms with van der Waals surface area (Å²) in [5.74, 6) is 0.679. The first-order chi connectivity index (χ1) is 13.4. The summed E-state index contributed by atoms with van der Waals surface area (Å²) in [5.41, 5.74) is 2.22. The van der Waals surface area contributed by atoms with Crippen LogP contribution in [-0.4, -0.2) is 28.7 Å². The molecule has 1 spiro atoms. The fourth-order valence-corrected chi connectivity index (χ4v) is 5.02. The summed E-state index contributed by atoms with van der Waals surface area (Å²) in [6, 6.07) is 12.8. The molecule has 0 aromatic heterocycles. The topological polar surface area (TPSA) is 34.1 Å². The Bertz CT molecular complexity index is 960. The standard InChI is InChI=1S/C22H22BrFN2O2/c1-21(2)13-22(9-10-27-21)26-19(17-11-15(23)5-8-20(17)28-22)12-18(25-26)14-3-6-16(24)7-4-14/h3-8,11,19H,9-10,12-13H2,1-2H3/t19-,22-/m0/s1. The average Bonchev–Trinajstić information content (AvgIpc) is 3.09. The maximum atomic E-state index is 13.4. The maximum Gasteiger partial charge on any atom is 0.203 e. The third-order valence-corrected chi connectivity index (χ3v) is 6.32. The summed E-state index contributed by atoms with van der Waals surface area (Å²) in [5, 5.41) is 7.16. The molecular formula is C22H22BrFN2O2. The summed E-state index contributed by atoms with van der Waals surface area (Å²) in [6.07, 6.45) is 2.25. The summed E-state index contributed by atoms with van der Waals surface area (Å²) < 4.78 is 27.0.